The summed E-state index contributed by atoms with van der Waals surface area (Å²) in [6.07, 6.45) is 1.87. The van der Waals surface area contributed by atoms with E-state index in [2.05, 4.69) is 10.0 Å². The second-order valence-corrected chi connectivity index (χ2v) is 9.52. The minimum absolute atomic E-state index is 0.177. The van der Waals surface area contributed by atoms with Gasteiger partial charge in [0, 0.05) is 6.07 Å². The lowest BCUT2D eigenvalue weighted by molar-refractivity contribution is -0.384. The first-order chi connectivity index (χ1) is 13.6. The van der Waals surface area contributed by atoms with Crippen LogP contribution in [-0.2, 0) is 10.0 Å². The van der Waals surface area contributed by atoms with Crippen LogP contribution in [0.4, 0.5) is 17.1 Å². The highest BCUT2D eigenvalue weighted by molar-refractivity contribution is 7.92. The van der Waals surface area contributed by atoms with Crippen molar-refractivity contribution in [3.8, 4) is 0 Å². The molecule has 0 aromatic heterocycles. The molecule has 29 heavy (non-hydrogen) atoms. The summed E-state index contributed by atoms with van der Waals surface area (Å²) in [6, 6.07) is 9.04. The van der Waals surface area contributed by atoms with Gasteiger partial charge in [0.2, 0.25) is 0 Å². The Hall–Kier alpha value is -2.65. The van der Waals surface area contributed by atoms with E-state index >= 15 is 0 Å². The average molecular weight is 420 g/mol. The number of aliphatic hydroxyl groups is 1. The lowest BCUT2D eigenvalue weighted by Gasteiger charge is -2.29. The zero-order valence-electron chi connectivity index (χ0n) is 16.6. The van der Waals surface area contributed by atoms with Gasteiger partial charge in [0.25, 0.3) is 15.7 Å². The molecule has 0 bridgehead atoms. The molecule has 3 rings (SSSR count). The van der Waals surface area contributed by atoms with Gasteiger partial charge < -0.3 is 10.4 Å². The number of nitro benzene ring substituents is 1. The molecule has 0 saturated heterocycles. The quantitative estimate of drug-likeness (QED) is 0.444. The fraction of sp³-hybridized carbons (Fsp3) is 0.400. The number of nitro groups is 1. The third-order valence-electron chi connectivity index (χ3n) is 5.33. The summed E-state index contributed by atoms with van der Waals surface area (Å²) >= 11 is 0. The van der Waals surface area contributed by atoms with Crippen molar-refractivity contribution in [2.24, 2.45) is 5.92 Å². The van der Waals surface area contributed by atoms with Crippen LogP contribution in [0.25, 0.3) is 0 Å². The van der Waals surface area contributed by atoms with Gasteiger partial charge in [0.05, 0.1) is 27.7 Å². The number of anilines is 2. The van der Waals surface area contributed by atoms with Crippen molar-refractivity contribution in [2.75, 3.05) is 16.6 Å². The Morgan fingerprint density at radius 3 is 2.38 bits per heavy atom. The minimum Gasteiger partial charge on any atom is -0.394 e. The maximum atomic E-state index is 12.8. The van der Waals surface area contributed by atoms with E-state index in [1.807, 2.05) is 13.0 Å². The summed E-state index contributed by atoms with van der Waals surface area (Å²) in [5.74, 6) is 0.224. The molecule has 3 N–H and O–H groups in total. The number of hydrogen-bond acceptors (Lipinski definition) is 6. The monoisotopic (exact) mass is 419 g/mol. The van der Waals surface area contributed by atoms with E-state index in [1.165, 1.54) is 12.1 Å². The van der Waals surface area contributed by atoms with Gasteiger partial charge in [-0.2, -0.15) is 0 Å². The molecule has 0 radical (unpaired) electrons. The van der Waals surface area contributed by atoms with Crippen molar-refractivity contribution >= 4 is 27.1 Å². The van der Waals surface area contributed by atoms with Crippen LogP contribution in [0.2, 0.25) is 0 Å². The molecule has 156 valence electrons. The zero-order valence-corrected chi connectivity index (χ0v) is 17.4. The fourth-order valence-electron chi connectivity index (χ4n) is 3.37. The summed E-state index contributed by atoms with van der Waals surface area (Å²) in [7, 11) is -4.01. The molecule has 2 aromatic rings. The largest absolute Gasteiger partial charge is 0.394 e. The molecule has 1 fully saturated rings. The summed E-state index contributed by atoms with van der Waals surface area (Å²) in [5, 5.41) is 24.4. The van der Waals surface area contributed by atoms with Crippen LogP contribution in [-0.4, -0.2) is 30.6 Å². The highest BCUT2D eigenvalue weighted by Gasteiger charge is 2.42. The third kappa shape index (κ3) is 4.51. The fourth-order valence-corrected chi connectivity index (χ4v) is 4.52. The number of benzene rings is 2. The smallest absolute Gasteiger partial charge is 0.293 e. The Labute approximate surface area is 170 Å². The molecule has 2 aromatic carbocycles. The average Bonchev–Trinajstić information content (AvgIpc) is 3.49. The number of sulfonamides is 1. The first-order valence-corrected chi connectivity index (χ1v) is 10.8. The van der Waals surface area contributed by atoms with Gasteiger partial charge >= 0.3 is 0 Å². The summed E-state index contributed by atoms with van der Waals surface area (Å²) in [6.45, 7) is 5.32. The standard InChI is InChI=1S/C20H25N3O5S/c1-13-4-8-17(14(2)10-13)22-29(27,28)16-7-9-18(19(11-16)23(25)26)21-20(3,12-24)15-5-6-15/h4,7-11,15,21-22,24H,5-6,12H2,1-3H3. The molecule has 1 atom stereocenters. The molecule has 0 heterocycles. The van der Waals surface area contributed by atoms with Crippen molar-refractivity contribution in [3.63, 3.8) is 0 Å². The zero-order chi connectivity index (χ0) is 21.4. The molecule has 9 heteroatoms. The van der Waals surface area contributed by atoms with E-state index in [4.69, 9.17) is 0 Å². The van der Waals surface area contributed by atoms with Crippen molar-refractivity contribution in [2.45, 2.75) is 44.0 Å². The Kier molecular flexibility index (Phi) is 5.55. The lowest BCUT2D eigenvalue weighted by Crippen LogP contribution is -2.41. The SMILES string of the molecule is Cc1ccc(NS(=O)(=O)c2ccc(NC(C)(CO)C3CC3)c([N+](=O)[O-])c2)c(C)c1. The summed E-state index contributed by atoms with van der Waals surface area (Å²) < 4.78 is 28.1. The summed E-state index contributed by atoms with van der Waals surface area (Å²) in [5.41, 5.74) is 1.31. The van der Waals surface area contributed by atoms with Crippen molar-refractivity contribution in [3.05, 3.63) is 57.6 Å². The van der Waals surface area contributed by atoms with E-state index in [1.54, 1.807) is 26.0 Å². The van der Waals surface area contributed by atoms with Crippen LogP contribution in [0, 0.1) is 29.9 Å². The van der Waals surface area contributed by atoms with Gasteiger partial charge in [0.1, 0.15) is 5.69 Å². The predicted molar refractivity (Wildman–Crippen MR) is 112 cm³/mol. The minimum atomic E-state index is -4.01. The molecule has 1 aliphatic rings. The van der Waals surface area contributed by atoms with Crippen LogP contribution in [0.5, 0.6) is 0 Å². The molecule has 1 saturated carbocycles. The molecule has 8 nitrogen and oxygen atoms in total. The molecule has 0 spiro atoms. The van der Waals surface area contributed by atoms with Gasteiger partial charge in [-0.15, -0.1) is 0 Å². The van der Waals surface area contributed by atoms with Crippen molar-refractivity contribution < 1.29 is 18.4 Å². The summed E-state index contributed by atoms with van der Waals surface area (Å²) in [4.78, 5) is 10.8. The normalized spacial score (nSPS) is 16.1. The second kappa shape index (κ2) is 7.64. The van der Waals surface area contributed by atoms with E-state index < -0.39 is 20.5 Å². The van der Waals surface area contributed by atoms with Crippen LogP contribution in [0.3, 0.4) is 0 Å². The lowest BCUT2D eigenvalue weighted by atomic mass is 9.96. The number of hydrogen-bond donors (Lipinski definition) is 3. The molecular weight excluding hydrogens is 394 g/mol. The van der Waals surface area contributed by atoms with Crippen LogP contribution in [0.15, 0.2) is 41.3 Å². The van der Waals surface area contributed by atoms with Gasteiger partial charge in [-0.1, -0.05) is 17.7 Å². The second-order valence-electron chi connectivity index (χ2n) is 7.83. The van der Waals surface area contributed by atoms with Crippen molar-refractivity contribution in [1.82, 2.24) is 0 Å². The maximum absolute atomic E-state index is 12.8. The first-order valence-electron chi connectivity index (χ1n) is 9.33. The predicted octanol–water partition coefficient (Wildman–Crippen LogP) is 3.59. The van der Waals surface area contributed by atoms with Gasteiger partial charge in [0.15, 0.2) is 0 Å². The molecule has 0 aliphatic heterocycles. The molecule has 1 unspecified atom stereocenters. The number of aryl methyl sites for hydroxylation is 2. The van der Waals surface area contributed by atoms with Gasteiger partial charge in [-0.25, -0.2) is 8.42 Å². The van der Waals surface area contributed by atoms with E-state index in [0.717, 1.165) is 30.0 Å². The third-order valence-corrected chi connectivity index (χ3v) is 6.69. The number of rotatable bonds is 8. The highest BCUT2D eigenvalue weighted by atomic mass is 32.2. The molecule has 1 aliphatic carbocycles. The highest BCUT2D eigenvalue weighted by Crippen LogP contribution is 2.42. The van der Waals surface area contributed by atoms with E-state index in [-0.39, 0.29) is 28.8 Å². The van der Waals surface area contributed by atoms with Crippen LogP contribution in [0.1, 0.15) is 30.9 Å². The Balaban J connectivity index is 1.93. The Bertz CT molecular complexity index is 1050. The van der Waals surface area contributed by atoms with E-state index in [0.29, 0.717) is 5.69 Å². The van der Waals surface area contributed by atoms with Crippen molar-refractivity contribution in [1.29, 1.82) is 0 Å². The molecular formula is C20H25N3O5S. The van der Waals surface area contributed by atoms with Crippen LogP contribution < -0.4 is 10.0 Å². The Morgan fingerprint density at radius 1 is 1.17 bits per heavy atom. The van der Waals surface area contributed by atoms with Gasteiger partial charge in [-0.05, 0) is 63.3 Å². The maximum Gasteiger partial charge on any atom is 0.293 e. The van der Waals surface area contributed by atoms with E-state index in [9.17, 15) is 23.6 Å². The first kappa shape index (κ1) is 21.1. The number of aliphatic hydroxyl groups excluding tert-OH is 1. The molecule has 0 amide bonds. The van der Waals surface area contributed by atoms with Gasteiger partial charge in [-0.3, -0.25) is 14.8 Å². The topological polar surface area (TPSA) is 122 Å². The number of nitrogens with one attached hydrogen (secondary N) is 2. The number of nitrogens with zero attached hydrogens (tertiary/aromatic N) is 1. The van der Waals surface area contributed by atoms with Crippen LogP contribution >= 0.6 is 0 Å². The Morgan fingerprint density at radius 2 is 1.83 bits per heavy atom.